The fourth-order valence-electron chi connectivity index (χ4n) is 3.68. The molecule has 1 aromatic heterocycles. The Balaban J connectivity index is 1.71. The molecule has 0 spiro atoms. The molecule has 0 unspecified atom stereocenters. The molecular weight excluding hydrogens is 477 g/mol. The van der Waals surface area contributed by atoms with Crippen molar-refractivity contribution in [3.63, 3.8) is 0 Å². The predicted octanol–water partition coefficient (Wildman–Crippen LogP) is 7.44. The van der Waals surface area contributed by atoms with E-state index in [0.29, 0.717) is 6.07 Å². The Morgan fingerprint density at radius 1 is 0.686 bits per heavy atom. The van der Waals surface area contributed by atoms with Gasteiger partial charge >= 0.3 is 18.0 Å². The number of amides is 1. The first-order chi connectivity index (χ1) is 16.4. The van der Waals surface area contributed by atoms with Crippen LogP contribution < -0.4 is 5.32 Å². The van der Waals surface area contributed by atoms with Crippen molar-refractivity contribution in [3.05, 3.63) is 96.2 Å². The van der Waals surface area contributed by atoms with Crippen LogP contribution in [0.1, 0.15) is 15.9 Å². The number of carbonyl (C=O) groups is 1. The van der Waals surface area contributed by atoms with E-state index in [1.165, 1.54) is 12.1 Å². The smallest absolute Gasteiger partial charge is 0.320 e. The van der Waals surface area contributed by atoms with Gasteiger partial charge in [-0.15, -0.1) is 0 Å². The maximum absolute atomic E-state index is 14.7. The van der Waals surface area contributed by atoms with E-state index >= 15 is 0 Å². The summed E-state index contributed by atoms with van der Waals surface area (Å²) in [5.74, 6) is -0.678. The van der Waals surface area contributed by atoms with Crippen molar-refractivity contribution in [1.82, 2.24) is 4.98 Å². The lowest BCUT2D eigenvalue weighted by atomic mass is 9.90. The molecule has 10 heteroatoms. The van der Waals surface area contributed by atoms with Crippen LogP contribution in [0.25, 0.3) is 22.0 Å². The highest BCUT2D eigenvalue weighted by molar-refractivity contribution is 6.09. The van der Waals surface area contributed by atoms with E-state index in [1.54, 1.807) is 12.1 Å². The van der Waals surface area contributed by atoms with Crippen molar-refractivity contribution in [3.8, 4) is 11.1 Å². The van der Waals surface area contributed by atoms with Gasteiger partial charge in [0.1, 0.15) is 0 Å². The van der Waals surface area contributed by atoms with Crippen LogP contribution in [0.2, 0.25) is 0 Å². The van der Waals surface area contributed by atoms with Gasteiger partial charge in [0.05, 0.1) is 11.2 Å². The van der Waals surface area contributed by atoms with Gasteiger partial charge in [0, 0.05) is 22.7 Å². The average molecular weight is 492 g/mol. The summed E-state index contributed by atoms with van der Waals surface area (Å²) < 4.78 is 94.6. The number of halogens is 7. The Kier molecular flexibility index (Phi) is 6.00. The molecule has 0 atom stereocenters. The van der Waals surface area contributed by atoms with Crippen molar-refractivity contribution in [2.24, 2.45) is 0 Å². The number of nitrogens with one attached hydrogen (secondary N) is 1. The molecule has 0 radical (unpaired) electrons. The Hall–Kier alpha value is -3.95. The van der Waals surface area contributed by atoms with E-state index in [1.807, 2.05) is 30.3 Å². The maximum Gasteiger partial charge on any atom is 0.435 e. The van der Waals surface area contributed by atoms with E-state index in [2.05, 4.69) is 10.3 Å². The summed E-state index contributed by atoms with van der Waals surface area (Å²) in [6.07, 6.45) is -11.4. The van der Waals surface area contributed by atoms with E-state index in [0.717, 1.165) is 35.5 Å². The van der Waals surface area contributed by atoms with E-state index in [4.69, 9.17) is 0 Å². The summed E-state index contributed by atoms with van der Waals surface area (Å²) in [6.45, 7) is 0. The van der Waals surface area contributed by atoms with E-state index in [-0.39, 0.29) is 11.3 Å². The number of benzene rings is 3. The van der Waals surface area contributed by atoms with Crippen molar-refractivity contribution >= 4 is 22.5 Å². The van der Waals surface area contributed by atoms with Crippen LogP contribution in [-0.4, -0.2) is 23.2 Å². The monoisotopic (exact) mass is 492 g/mol. The van der Waals surface area contributed by atoms with Gasteiger partial charge in [0.15, 0.2) is 0 Å². The third kappa shape index (κ3) is 4.31. The second-order valence-corrected chi connectivity index (χ2v) is 7.61. The van der Waals surface area contributed by atoms with Crippen LogP contribution in [0.4, 0.5) is 36.4 Å². The Labute approximate surface area is 194 Å². The first-order valence-corrected chi connectivity index (χ1v) is 10.1. The fraction of sp³-hybridized carbons (Fsp3) is 0.120. The van der Waals surface area contributed by atoms with Crippen LogP contribution in [0, 0.1) is 0 Å². The number of nitrogens with zero attached hydrogens (tertiary/aromatic N) is 1. The third-order valence-electron chi connectivity index (χ3n) is 5.42. The van der Waals surface area contributed by atoms with Crippen LogP contribution in [0.15, 0.2) is 85.1 Å². The summed E-state index contributed by atoms with van der Waals surface area (Å²) in [7, 11) is 0. The number of aromatic nitrogens is 1. The van der Waals surface area contributed by atoms with Crippen molar-refractivity contribution in [2.75, 3.05) is 5.32 Å². The normalized spacial score (nSPS) is 12.5. The zero-order valence-corrected chi connectivity index (χ0v) is 17.6. The standard InChI is InChI=1S/C25H15F7N2O/c26-23(24(27,28)29,25(30,31)32)19-12-13-20(21-18(19)7-4-14-33-21)34-22(35)17-10-8-16(9-11-17)15-5-2-1-3-6-15/h1-14H,(H,34,35). The summed E-state index contributed by atoms with van der Waals surface area (Å²) in [6, 6.07) is 18.8. The minimum absolute atomic E-state index is 0.173. The van der Waals surface area contributed by atoms with Crippen molar-refractivity contribution < 1.29 is 35.5 Å². The van der Waals surface area contributed by atoms with E-state index in [9.17, 15) is 35.5 Å². The van der Waals surface area contributed by atoms with Crippen LogP contribution >= 0.6 is 0 Å². The number of rotatable bonds is 4. The molecule has 35 heavy (non-hydrogen) atoms. The van der Waals surface area contributed by atoms with Gasteiger partial charge in [-0.3, -0.25) is 9.78 Å². The minimum atomic E-state index is -6.28. The van der Waals surface area contributed by atoms with Gasteiger partial charge in [0.2, 0.25) is 0 Å². The van der Waals surface area contributed by atoms with Crippen molar-refractivity contribution in [1.29, 1.82) is 0 Å². The van der Waals surface area contributed by atoms with Crippen LogP contribution in [-0.2, 0) is 5.67 Å². The number of fused-ring (bicyclic) bond motifs is 1. The number of hydrogen-bond donors (Lipinski definition) is 1. The number of pyridine rings is 1. The SMILES string of the molecule is O=C(Nc1ccc(C(F)(C(F)(F)F)C(F)(F)F)c2cccnc12)c1ccc(-c2ccccc2)cc1. The molecule has 1 N–H and O–H groups in total. The van der Waals surface area contributed by atoms with E-state index < -0.39 is 40.4 Å². The Morgan fingerprint density at radius 2 is 1.29 bits per heavy atom. The quantitative estimate of drug-likeness (QED) is 0.301. The average Bonchev–Trinajstić information content (AvgIpc) is 2.83. The highest BCUT2D eigenvalue weighted by Gasteiger charge is 2.74. The lowest BCUT2D eigenvalue weighted by Gasteiger charge is -2.31. The number of carbonyl (C=O) groups excluding carboxylic acids is 1. The number of alkyl halides is 7. The Bertz CT molecular complexity index is 1350. The molecule has 180 valence electrons. The number of anilines is 1. The second kappa shape index (κ2) is 8.68. The van der Waals surface area contributed by atoms with Crippen LogP contribution in [0.5, 0.6) is 0 Å². The molecule has 4 rings (SSSR count). The molecule has 4 aromatic rings. The van der Waals surface area contributed by atoms with Gasteiger partial charge in [-0.2, -0.15) is 26.3 Å². The molecule has 0 aliphatic carbocycles. The van der Waals surface area contributed by atoms with Gasteiger partial charge in [0.25, 0.3) is 5.91 Å². The summed E-state index contributed by atoms with van der Waals surface area (Å²) in [5.41, 5.74) is -5.96. The van der Waals surface area contributed by atoms with Gasteiger partial charge in [-0.25, -0.2) is 4.39 Å². The summed E-state index contributed by atoms with van der Waals surface area (Å²) >= 11 is 0. The molecule has 3 aromatic carbocycles. The highest BCUT2D eigenvalue weighted by atomic mass is 19.4. The molecule has 0 aliphatic rings. The summed E-state index contributed by atoms with van der Waals surface area (Å²) in [4.78, 5) is 16.5. The lowest BCUT2D eigenvalue weighted by molar-refractivity contribution is -0.348. The Morgan fingerprint density at radius 3 is 1.89 bits per heavy atom. The second-order valence-electron chi connectivity index (χ2n) is 7.61. The fourth-order valence-corrected chi connectivity index (χ4v) is 3.68. The predicted molar refractivity (Wildman–Crippen MR) is 116 cm³/mol. The van der Waals surface area contributed by atoms with Gasteiger partial charge < -0.3 is 5.32 Å². The van der Waals surface area contributed by atoms with Crippen molar-refractivity contribution in [2.45, 2.75) is 18.0 Å². The third-order valence-corrected chi connectivity index (χ3v) is 5.42. The molecule has 0 saturated carbocycles. The molecular formula is C25H15F7N2O. The molecule has 0 bridgehead atoms. The molecule has 0 aliphatic heterocycles. The van der Waals surface area contributed by atoms with Gasteiger partial charge in [-0.1, -0.05) is 54.6 Å². The first-order valence-electron chi connectivity index (χ1n) is 10.1. The number of hydrogen-bond acceptors (Lipinski definition) is 2. The topological polar surface area (TPSA) is 42.0 Å². The van der Waals surface area contributed by atoms with Crippen LogP contribution in [0.3, 0.4) is 0 Å². The molecule has 1 amide bonds. The first kappa shape index (κ1) is 24.2. The molecule has 1 heterocycles. The largest absolute Gasteiger partial charge is 0.435 e. The van der Waals surface area contributed by atoms with Gasteiger partial charge in [-0.05, 0) is 35.4 Å². The minimum Gasteiger partial charge on any atom is -0.320 e. The zero-order chi connectivity index (χ0) is 25.4. The maximum atomic E-state index is 14.7. The summed E-state index contributed by atoms with van der Waals surface area (Å²) in [5, 5.41) is 1.70. The lowest BCUT2D eigenvalue weighted by Crippen LogP contribution is -2.50. The molecule has 0 saturated heterocycles. The highest BCUT2D eigenvalue weighted by Crippen LogP contribution is 2.54. The molecule has 3 nitrogen and oxygen atoms in total. The molecule has 0 fully saturated rings. The zero-order valence-electron chi connectivity index (χ0n) is 17.6.